The van der Waals surface area contributed by atoms with Crippen molar-refractivity contribution < 1.29 is 27.4 Å². The molecule has 0 aliphatic heterocycles. The Morgan fingerprint density at radius 3 is 1.75 bits per heavy atom. The molecule has 0 saturated heterocycles. The lowest BCUT2D eigenvalue weighted by molar-refractivity contribution is 1.18. The van der Waals surface area contributed by atoms with E-state index in [9.17, 15) is 12.3 Å². The summed E-state index contributed by atoms with van der Waals surface area (Å²) in [4.78, 5) is 1.08. The van der Waals surface area contributed by atoms with E-state index >= 15 is 0 Å². The van der Waals surface area contributed by atoms with Crippen molar-refractivity contribution in [2.75, 3.05) is 4.90 Å². The molecule has 286 valence electrons. The lowest BCUT2D eigenvalue weighted by Gasteiger charge is -2.27. The molecule has 10 aromatic carbocycles. The van der Waals surface area contributed by atoms with E-state index in [0.29, 0.717) is 21.0 Å². The first-order chi connectivity index (χ1) is 38.6. The topological polar surface area (TPSA) is 8.17 Å². The summed E-state index contributed by atoms with van der Waals surface area (Å²) in [6, 6.07) is 18.6. The predicted molar refractivity (Wildman–Crippen MR) is 262 cm³/mol. The van der Waals surface area contributed by atoms with Gasteiger partial charge >= 0.3 is 0 Å². The molecule has 0 radical (unpaired) electrons. The number of benzene rings is 10. The zero-order valence-electron chi connectivity index (χ0n) is 51.7. The summed E-state index contributed by atoms with van der Waals surface area (Å²) in [5.74, 6) is 0. The van der Waals surface area contributed by atoms with Gasteiger partial charge in [0.15, 0.2) is 0 Å². The van der Waals surface area contributed by atoms with Gasteiger partial charge in [-0.15, -0.1) is 11.3 Å². The van der Waals surface area contributed by atoms with Crippen LogP contribution >= 0.6 is 11.3 Å². The molecule has 2 heterocycles. The number of hydrogen-bond donors (Lipinski definition) is 0. The van der Waals surface area contributed by atoms with E-state index in [1.54, 1.807) is 18.2 Å². The molecule has 61 heavy (non-hydrogen) atoms. The van der Waals surface area contributed by atoms with Gasteiger partial charge in [-0.25, -0.2) is 0 Å². The fourth-order valence-corrected chi connectivity index (χ4v) is 9.22. The maximum atomic E-state index is 9.87. The molecule has 0 bridgehead atoms. The Kier molecular flexibility index (Phi) is 4.88. The number of fused-ring (bicyclic) bond motifs is 7. The van der Waals surface area contributed by atoms with Gasteiger partial charge in [0.1, 0.15) is 0 Å². The number of para-hydroxylation sites is 2. The summed E-state index contributed by atoms with van der Waals surface area (Å²) in [7, 11) is 0. The quantitative estimate of drug-likeness (QED) is 0.156. The maximum absolute atomic E-state index is 9.87. The van der Waals surface area contributed by atoms with Gasteiger partial charge in [-0.2, -0.15) is 0 Å². The molecule has 0 N–H and O–H groups in total. The van der Waals surface area contributed by atoms with Gasteiger partial charge in [0.2, 0.25) is 0 Å². The van der Waals surface area contributed by atoms with E-state index < -0.39 is 165 Å². The Morgan fingerprint density at radius 2 is 1.03 bits per heavy atom. The Labute approximate surface area is 386 Å². The second-order valence-corrected chi connectivity index (χ2v) is 15.2. The van der Waals surface area contributed by atoms with Crippen molar-refractivity contribution in [3.63, 3.8) is 0 Å². The molecule has 12 aromatic rings. The van der Waals surface area contributed by atoms with Gasteiger partial charge in [-0.05, 0) is 111 Å². The van der Waals surface area contributed by atoms with Gasteiger partial charge in [-0.3, -0.25) is 0 Å². The fourth-order valence-electron chi connectivity index (χ4n) is 7.96. The van der Waals surface area contributed by atoms with Crippen LogP contribution in [0, 0.1) is 0 Å². The molecule has 0 aliphatic rings. The van der Waals surface area contributed by atoms with Crippen LogP contribution in [-0.2, 0) is 0 Å². The first-order valence-electron chi connectivity index (χ1n) is 29.2. The molecule has 3 heteroatoms. The highest BCUT2D eigenvalue weighted by atomic mass is 32.1. The third-order valence-electron chi connectivity index (χ3n) is 10.7. The van der Waals surface area contributed by atoms with E-state index in [4.69, 9.17) is 15.1 Å². The van der Waals surface area contributed by atoms with Crippen LogP contribution in [0.4, 0.5) is 17.1 Å². The fraction of sp³-hybridized carbons (Fsp3) is 0. The summed E-state index contributed by atoms with van der Waals surface area (Å²) in [5.41, 5.74) is 0.482. The third-order valence-corrected chi connectivity index (χ3v) is 11.9. The highest BCUT2D eigenvalue weighted by molar-refractivity contribution is 7.26. The average molecular weight is 815 g/mol. The molecular formula is C58H38N2S. The summed E-state index contributed by atoms with van der Waals surface area (Å²) in [6.45, 7) is 0. The van der Waals surface area contributed by atoms with Crippen LogP contribution in [0.25, 0.3) is 91.8 Å². The lowest BCUT2D eigenvalue weighted by atomic mass is 9.98. The minimum absolute atomic E-state index is 0.0483. The molecule has 0 unspecified atom stereocenters. The molecule has 0 spiro atoms. The summed E-state index contributed by atoms with van der Waals surface area (Å²) >= 11 is 1.38. The van der Waals surface area contributed by atoms with Crippen LogP contribution in [0.15, 0.2) is 230 Å². The predicted octanol–water partition coefficient (Wildman–Crippen LogP) is 16.8. The highest BCUT2D eigenvalue weighted by Gasteiger charge is 2.22. The zero-order valence-corrected chi connectivity index (χ0v) is 32.5. The molecule has 2 aromatic heterocycles. The van der Waals surface area contributed by atoms with Gasteiger partial charge in [0.25, 0.3) is 0 Å². The Balaban J connectivity index is 1.17. The Bertz CT molecular complexity index is 4660. The summed E-state index contributed by atoms with van der Waals surface area (Å²) in [6.07, 6.45) is 0. The normalized spacial score (nSPS) is 16.2. The third kappa shape index (κ3) is 6.01. The first kappa shape index (κ1) is 20.5. The summed E-state index contributed by atoms with van der Waals surface area (Å²) in [5, 5.41) is 2.20. The van der Waals surface area contributed by atoms with Crippen molar-refractivity contribution in [2.24, 2.45) is 0 Å². The minimum Gasteiger partial charge on any atom is -0.310 e. The van der Waals surface area contributed by atoms with Crippen molar-refractivity contribution in [3.8, 4) is 39.1 Å². The van der Waals surface area contributed by atoms with Crippen LogP contribution in [-0.4, -0.2) is 4.57 Å². The molecule has 0 aliphatic carbocycles. The number of nitrogens with zero attached hydrogens (tertiary/aromatic N) is 2. The van der Waals surface area contributed by atoms with Gasteiger partial charge in [-0.1, -0.05) is 163 Å². The van der Waals surface area contributed by atoms with Gasteiger partial charge in [0, 0.05) is 48.0 Å². The van der Waals surface area contributed by atoms with Crippen molar-refractivity contribution in [1.82, 2.24) is 4.57 Å². The van der Waals surface area contributed by atoms with Crippen LogP contribution in [0.3, 0.4) is 0 Å². The standard InChI is InChI=1S/C58H38N2S/c1-2-13-39(14-3-1)41-27-31-46(32-28-41)59(47-33-29-42(30-34-47)44-26-25-40-15-4-5-16-43(40)37-44)55-36-35-49(58-57(55)52-21-8-11-24-56(52)61-58)45-17-12-18-48(38-45)60-53-22-9-6-19-50(53)51-20-7-10-23-54(51)60/h1-38H/i1D,2D,3D,4D,5D,13D,14D,15D,16D,25D,26D,27D,28D,29D,30D,31D,32D,33D,34D,37D. The number of hydrogen-bond acceptors (Lipinski definition) is 2. The number of anilines is 3. The molecule has 12 rings (SSSR count). The van der Waals surface area contributed by atoms with Crippen LogP contribution < -0.4 is 4.90 Å². The number of thiophene rings is 1. The first-order valence-corrected chi connectivity index (χ1v) is 20.0. The van der Waals surface area contributed by atoms with E-state index in [1.165, 1.54) is 11.3 Å². The SMILES string of the molecule is [2H]c1c([2H])c([2H])c(-c2c([2H])c([2H])c(N(c3c([2H])c([2H])c(-c4c([2H])c([2H])c5c([2H])c([2H])c([2H])c([2H])c5c4[2H])c([2H])c3[2H])c3ccc(-c4cccc(-n5c6ccccc6c6ccccc65)c4)c4sc5ccccc5c34)c([2H])c2[2H])c([2H])c1[2H]. The van der Waals surface area contributed by atoms with E-state index in [2.05, 4.69) is 16.7 Å². The van der Waals surface area contributed by atoms with Crippen molar-refractivity contribution in [3.05, 3.63) is 230 Å². The van der Waals surface area contributed by atoms with Crippen molar-refractivity contribution in [1.29, 1.82) is 0 Å². The Morgan fingerprint density at radius 1 is 0.443 bits per heavy atom. The van der Waals surface area contributed by atoms with Gasteiger partial charge < -0.3 is 9.47 Å². The second kappa shape index (κ2) is 14.5. The maximum Gasteiger partial charge on any atom is 0.0645 e. The van der Waals surface area contributed by atoms with E-state index in [1.807, 2.05) is 78.9 Å². The molecule has 0 amide bonds. The monoisotopic (exact) mass is 814 g/mol. The summed E-state index contributed by atoms with van der Waals surface area (Å²) < 4.78 is 185. The molecule has 0 saturated carbocycles. The van der Waals surface area contributed by atoms with Crippen molar-refractivity contribution >= 4 is 81.1 Å². The smallest absolute Gasteiger partial charge is 0.0645 e. The number of aromatic nitrogens is 1. The van der Waals surface area contributed by atoms with E-state index in [0.717, 1.165) is 42.7 Å². The molecule has 0 atom stereocenters. The van der Waals surface area contributed by atoms with E-state index in [-0.39, 0.29) is 5.69 Å². The highest BCUT2D eigenvalue weighted by Crippen LogP contribution is 2.49. The van der Waals surface area contributed by atoms with Crippen LogP contribution in [0.2, 0.25) is 0 Å². The molecule has 0 fully saturated rings. The van der Waals surface area contributed by atoms with Crippen molar-refractivity contribution in [2.45, 2.75) is 0 Å². The Hall–Kier alpha value is -7.72. The molecular weight excluding hydrogens is 757 g/mol. The number of rotatable bonds is 7. The molecule has 2 nitrogen and oxygen atoms in total. The lowest BCUT2D eigenvalue weighted by Crippen LogP contribution is -2.10. The minimum atomic E-state index is -0.895. The zero-order chi connectivity index (χ0) is 57.7. The largest absolute Gasteiger partial charge is 0.310 e. The van der Waals surface area contributed by atoms with Crippen LogP contribution in [0.1, 0.15) is 27.4 Å². The average Bonchev–Trinajstić information content (AvgIpc) is 3.30. The second-order valence-electron chi connectivity index (χ2n) is 14.1. The van der Waals surface area contributed by atoms with Crippen LogP contribution in [0.5, 0.6) is 0 Å². The van der Waals surface area contributed by atoms with Gasteiger partial charge in [0.05, 0.1) is 44.1 Å².